The molecule has 1 aromatic carbocycles. The third-order valence-corrected chi connectivity index (χ3v) is 5.42. The number of thioether (sulfide) groups is 1. The Labute approximate surface area is 128 Å². The Hall–Kier alpha value is -1.36. The van der Waals surface area contributed by atoms with Crippen molar-refractivity contribution in [2.45, 2.75) is 42.2 Å². The van der Waals surface area contributed by atoms with Crippen molar-refractivity contribution < 1.29 is 19.4 Å². The molecule has 1 saturated carbocycles. The van der Waals surface area contributed by atoms with E-state index >= 15 is 0 Å². The fourth-order valence-corrected chi connectivity index (χ4v) is 4.28. The van der Waals surface area contributed by atoms with Gasteiger partial charge in [-0.15, -0.1) is 11.8 Å². The molecule has 0 saturated heterocycles. The van der Waals surface area contributed by atoms with Crippen LogP contribution in [0.3, 0.4) is 0 Å². The molecule has 0 spiro atoms. The summed E-state index contributed by atoms with van der Waals surface area (Å²) in [5.41, 5.74) is 0. The van der Waals surface area contributed by atoms with E-state index in [0.717, 1.165) is 48.5 Å². The lowest BCUT2D eigenvalue weighted by atomic mass is 9.89. The summed E-state index contributed by atoms with van der Waals surface area (Å²) >= 11 is 1.66. The van der Waals surface area contributed by atoms with Crippen LogP contribution in [0.5, 0.6) is 11.5 Å². The Bertz CT molecular complexity index is 517. The lowest BCUT2D eigenvalue weighted by Gasteiger charge is -2.28. The highest BCUT2D eigenvalue weighted by Gasteiger charge is 2.31. The number of rotatable bonds is 3. The van der Waals surface area contributed by atoms with Crippen molar-refractivity contribution in [2.24, 2.45) is 5.92 Å². The SMILES string of the molecule is O=C(O)C1CCCCC1Sc1ccc2c(c1)OCCCO2. The molecule has 0 bridgehead atoms. The lowest BCUT2D eigenvalue weighted by molar-refractivity contribution is -0.142. The summed E-state index contributed by atoms with van der Waals surface area (Å²) in [6, 6.07) is 5.92. The maximum Gasteiger partial charge on any atom is 0.307 e. The van der Waals surface area contributed by atoms with Gasteiger partial charge >= 0.3 is 5.97 Å². The van der Waals surface area contributed by atoms with E-state index in [1.165, 1.54) is 0 Å². The van der Waals surface area contributed by atoms with Gasteiger partial charge in [-0.1, -0.05) is 12.8 Å². The van der Waals surface area contributed by atoms with Crippen LogP contribution in [0.15, 0.2) is 23.1 Å². The van der Waals surface area contributed by atoms with Crippen LogP contribution in [0, 0.1) is 5.92 Å². The molecule has 2 unspecified atom stereocenters. The molecule has 3 rings (SSSR count). The van der Waals surface area contributed by atoms with E-state index in [2.05, 4.69) is 0 Å². The number of fused-ring (bicyclic) bond motifs is 1. The van der Waals surface area contributed by atoms with Gasteiger partial charge in [0.1, 0.15) is 0 Å². The van der Waals surface area contributed by atoms with E-state index in [0.29, 0.717) is 13.2 Å². The highest BCUT2D eigenvalue weighted by Crippen LogP contribution is 2.40. The zero-order valence-electron chi connectivity index (χ0n) is 11.9. The summed E-state index contributed by atoms with van der Waals surface area (Å²) in [7, 11) is 0. The maximum atomic E-state index is 11.4. The van der Waals surface area contributed by atoms with Crippen molar-refractivity contribution in [1.29, 1.82) is 0 Å². The summed E-state index contributed by atoms with van der Waals surface area (Å²) in [6.07, 6.45) is 4.79. The first-order valence-electron chi connectivity index (χ1n) is 7.53. The van der Waals surface area contributed by atoms with E-state index in [-0.39, 0.29) is 11.2 Å². The van der Waals surface area contributed by atoms with Crippen LogP contribution in [0.1, 0.15) is 32.1 Å². The molecule has 2 atom stereocenters. The van der Waals surface area contributed by atoms with E-state index in [4.69, 9.17) is 9.47 Å². The monoisotopic (exact) mass is 308 g/mol. The van der Waals surface area contributed by atoms with Gasteiger partial charge in [-0.2, -0.15) is 0 Å². The summed E-state index contributed by atoms with van der Waals surface area (Å²) in [5.74, 6) is 0.664. The minimum Gasteiger partial charge on any atom is -0.490 e. The number of carboxylic acids is 1. The van der Waals surface area contributed by atoms with Crippen LogP contribution < -0.4 is 9.47 Å². The number of carboxylic acid groups (broad SMARTS) is 1. The molecule has 1 N–H and O–H groups in total. The molecular formula is C16H20O4S. The summed E-state index contributed by atoms with van der Waals surface area (Å²) in [5, 5.41) is 9.51. The third-order valence-electron chi connectivity index (χ3n) is 4.03. The highest BCUT2D eigenvalue weighted by molar-refractivity contribution is 8.00. The predicted octanol–water partition coefficient (Wildman–Crippen LogP) is 3.58. The Balaban J connectivity index is 1.74. The van der Waals surface area contributed by atoms with Gasteiger partial charge in [-0.25, -0.2) is 0 Å². The minimum absolute atomic E-state index is 0.154. The fraction of sp³-hybridized carbons (Fsp3) is 0.562. The first kappa shape index (κ1) is 14.6. The molecule has 1 aromatic rings. The Morgan fingerprint density at radius 2 is 1.86 bits per heavy atom. The molecule has 0 radical (unpaired) electrons. The number of ether oxygens (including phenoxy) is 2. The maximum absolute atomic E-state index is 11.4. The Morgan fingerprint density at radius 1 is 1.10 bits per heavy atom. The largest absolute Gasteiger partial charge is 0.490 e. The molecule has 4 nitrogen and oxygen atoms in total. The Morgan fingerprint density at radius 3 is 2.67 bits per heavy atom. The smallest absolute Gasteiger partial charge is 0.307 e. The lowest BCUT2D eigenvalue weighted by Crippen LogP contribution is -2.28. The molecular weight excluding hydrogens is 288 g/mol. The average molecular weight is 308 g/mol. The molecule has 2 aliphatic rings. The van der Waals surface area contributed by atoms with Gasteiger partial charge in [-0.3, -0.25) is 4.79 Å². The van der Waals surface area contributed by atoms with Crippen LogP contribution in [0.25, 0.3) is 0 Å². The normalized spacial score (nSPS) is 25.1. The second-order valence-electron chi connectivity index (χ2n) is 5.54. The van der Waals surface area contributed by atoms with Crippen LogP contribution >= 0.6 is 11.8 Å². The fourth-order valence-electron chi connectivity index (χ4n) is 2.91. The summed E-state index contributed by atoms with van der Waals surface area (Å²) in [6.45, 7) is 1.35. The number of aliphatic carboxylic acids is 1. The van der Waals surface area contributed by atoms with Gasteiger partial charge in [-0.05, 0) is 31.0 Å². The predicted molar refractivity (Wildman–Crippen MR) is 81.3 cm³/mol. The zero-order valence-corrected chi connectivity index (χ0v) is 12.7. The second kappa shape index (κ2) is 6.60. The first-order chi connectivity index (χ1) is 10.2. The van der Waals surface area contributed by atoms with Crippen molar-refractivity contribution in [3.63, 3.8) is 0 Å². The van der Waals surface area contributed by atoms with Crippen LogP contribution in [-0.2, 0) is 4.79 Å². The van der Waals surface area contributed by atoms with Crippen LogP contribution in [0.2, 0.25) is 0 Å². The molecule has 1 aliphatic heterocycles. The van der Waals surface area contributed by atoms with Gasteiger partial charge in [0.25, 0.3) is 0 Å². The molecule has 0 amide bonds. The number of hydrogen-bond acceptors (Lipinski definition) is 4. The quantitative estimate of drug-likeness (QED) is 0.925. The minimum atomic E-state index is -0.665. The summed E-state index contributed by atoms with van der Waals surface area (Å²) in [4.78, 5) is 12.4. The van der Waals surface area contributed by atoms with Crippen molar-refractivity contribution in [3.8, 4) is 11.5 Å². The standard InChI is InChI=1S/C16H20O4S/c17-16(18)12-4-1-2-5-15(12)21-11-6-7-13-14(10-11)20-9-3-8-19-13/h6-7,10,12,15H,1-5,8-9H2,(H,17,18). The zero-order chi connectivity index (χ0) is 14.7. The topological polar surface area (TPSA) is 55.8 Å². The van der Waals surface area contributed by atoms with Gasteiger partial charge in [0.15, 0.2) is 11.5 Å². The van der Waals surface area contributed by atoms with Gasteiger partial charge in [0.2, 0.25) is 0 Å². The molecule has 1 aliphatic carbocycles. The van der Waals surface area contributed by atoms with E-state index in [9.17, 15) is 9.90 Å². The second-order valence-corrected chi connectivity index (χ2v) is 6.86. The van der Waals surface area contributed by atoms with Crippen molar-refractivity contribution in [1.82, 2.24) is 0 Å². The van der Waals surface area contributed by atoms with Gasteiger partial charge < -0.3 is 14.6 Å². The summed E-state index contributed by atoms with van der Waals surface area (Å²) < 4.78 is 11.3. The number of carbonyl (C=O) groups is 1. The Kier molecular flexibility index (Phi) is 4.58. The average Bonchev–Trinajstić information content (AvgIpc) is 2.72. The number of benzene rings is 1. The van der Waals surface area contributed by atoms with E-state index in [1.807, 2.05) is 18.2 Å². The molecule has 21 heavy (non-hydrogen) atoms. The van der Waals surface area contributed by atoms with Crippen molar-refractivity contribution >= 4 is 17.7 Å². The first-order valence-corrected chi connectivity index (χ1v) is 8.41. The van der Waals surface area contributed by atoms with Gasteiger partial charge in [0, 0.05) is 16.6 Å². The van der Waals surface area contributed by atoms with E-state index in [1.54, 1.807) is 11.8 Å². The van der Waals surface area contributed by atoms with Crippen LogP contribution in [-0.4, -0.2) is 29.5 Å². The molecule has 114 valence electrons. The molecule has 1 fully saturated rings. The van der Waals surface area contributed by atoms with Crippen molar-refractivity contribution in [3.05, 3.63) is 18.2 Å². The highest BCUT2D eigenvalue weighted by atomic mass is 32.2. The van der Waals surface area contributed by atoms with Crippen molar-refractivity contribution in [2.75, 3.05) is 13.2 Å². The van der Waals surface area contributed by atoms with E-state index < -0.39 is 5.97 Å². The number of hydrogen-bond donors (Lipinski definition) is 1. The molecule has 5 heteroatoms. The molecule has 1 heterocycles. The van der Waals surface area contributed by atoms with Gasteiger partial charge in [0.05, 0.1) is 19.1 Å². The third kappa shape index (κ3) is 3.46. The van der Waals surface area contributed by atoms with Crippen LogP contribution in [0.4, 0.5) is 0 Å². The molecule has 0 aromatic heterocycles.